The van der Waals surface area contributed by atoms with E-state index in [2.05, 4.69) is 4.72 Å². The second kappa shape index (κ2) is 7.76. The van der Waals surface area contributed by atoms with E-state index in [4.69, 9.17) is 9.47 Å². The van der Waals surface area contributed by atoms with Gasteiger partial charge >= 0.3 is 0 Å². The number of hydrogen-bond donors (Lipinski definition) is 1. The zero-order valence-corrected chi connectivity index (χ0v) is 14.1. The normalized spacial score (nSPS) is 18.7. The number of benzene rings is 1. The summed E-state index contributed by atoms with van der Waals surface area (Å²) < 4.78 is 36.1. The Balaban J connectivity index is 2.03. The minimum absolute atomic E-state index is 0.0310. The van der Waals surface area contributed by atoms with Crippen molar-refractivity contribution in [2.45, 2.75) is 13.0 Å². The summed E-state index contributed by atoms with van der Waals surface area (Å²) in [6.45, 7) is 3.69. The molecule has 1 unspecified atom stereocenters. The van der Waals surface area contributed by atoms with Crippen molar-refractivity contribution in [1.29, 1.82) is 0 Å². The maximum Gasteiger partial charge on any atom is 0.254 e. The van der Waals surface area contributed by atoms with Crippen LogP contribution in [0, 0.1) is 0 Å². The highest BCUT2D eigenvalue weighted by molar-refractivity contribution is 7.92. The number of sulfonamides is 1. The number of morpholine rings is 1. The van der Waals surface area contributed by atoms with Gasteiger partial charge in [-0.15, -0.1) is 0 Å². The van der Waals surface area contributed by atoms with Gasteiger partial charge < -0.3 is 14.4 Å². The molecule has 0 aliphatic carbocycles. The molecule has 0 radical (unpaired) electrons. The molecule has 1 saturated heterocycles. The number of anilines is 1. The van der Waals surface area contributed by atoms with E-state index in [1.54, 1.807) is 29.2 Å². The van der Waals surface area contributed by atoms with E-state index in [1.807, 2.05) is 6.92 Å². The van der Waals surface area contributed by atoms with E-state index < -0.39 is 10.0 Å². The van der Waals surface area contributed by atoms with Crippen LogP contribution in [0.25, 0.3) is 0 Å². The summed E-state index contributed by atoms with van der Waals surface area (Å²) in [4.78, 5) is 14.2. The lowest BCUT2D eigenvalue weighted by Gasteiger charge is -2.33. The summed E-state index contributed by atoms with van der Waals surface area (Å²) in [6, 6.07) is 6.45. The third-order valence-corrected chi connectivity index (χ3v) is 4.84. The Hall–Kier alpha value is -1.64. The van der Waals surface area contributed by atoms with Crippen LogP contribution in [0.1, 0.15) is 17.3 Å². The molecule has 1 aliphatic rings. The quantitative estimate of drug-likeness (QED) is 0.831. The van der Waals surface area contributed by atoms with E-state index in [0.29, 0.717) is 31.0 Å². The molecule has 0 spiro atoms. The number of methoxy groups -OCH3 is 1. The number of nitrogens with zero attached hydrogens (tertiary/aromatic N) is 1. The van der Waals surface area contributed by atoms with Gasteiger partial charge in [0.1, 0.15) is 0 Å². The third kappa shape index (κ3) is 4.92. The molecule has 23 heavy (non-hydrogen) atoms. The number of amides is 1. The average molecular weight is 342 g/mol. The number of nitrogens with one attached hydrogen (secondary N) is 1. The van der Waals surface area contributed by atoms with Gasteiger partial charge in [-0.1, -0.05) is 0 Å². The van der Waals surface area contributed by atoms with E-state index >= 15 is 0 Å². The minimum atomic E-state index is -3.45. The van der Waals surface area contributed by atoms with Crippen LogP contribution in [-0.4, -0.2) is 64.5 Å². The molecule has 1 amide bonds. The van der Waals surface area contributed by atoms with Crippen molar-refractivity contribution in [2.24, 2.45) is 0 Å². The Bertz CT molecular complexity index is 630. The second-order valence-corrected chi connectivity index (χ2v) is 7.26. The second-order valence-electron chi connectivity index (χ2n) is 5.41. The van der Waals surface area contributed by atoms with Crippen LogP contribution in [-0.2, 0) is 19.5 Å². The minimum Gasteiger partial charge on any atom is -0.384 e. The predicted octanol–water partition coefficient (Wildman–Crippen LogP) is 0.936. The number of rotatable bonds is 6. The summed E-state index contributed by atoms with van der Waals surface area (Å²) in [6.07, 6.45) is 0. The predicted molar refractivity (Wildman–Crippen MR) is 87.0 cm³/mol. The molecule has 1 atom stereocenters. The van der Waals surface area contributed by atoms with Gasteiger partial charge in [-0.2, -0.15) is 0 Å². The first-order chi connectivity index (χ1) is 10.9. The SMILES string of the molecule is COCCS(=O)(=O)Nc1ccc(C(=O)N2CCOCC2C)cc1. The highest BCUT2D eigenvalue weighted by Gasteiger charge is 2.24. The van der Waals surface area contributed by atoms with Crippen molar-refractivity contribution < 1.29 is 22.7 Å². The summed E-state index contributed by atoms with van der Waals surface area (Å²) in [5.74, 6) is -0.190. The van der Waals surface area contributed by atoms with Crippen molar-refractivity contribution in [3.05, 3.63) is 29.8 Å². The van der Waals surface area contributed by atoms with Gasteiger partial charge in [0.2, 0.25) is 10.0 Å². The molecule has 128 valence electrons. The zero-order chi connectivity index (χ0) is 16.9. The van der Waals surface area contributed by atoms with Crippen molar-refractivity contribution in [1.82, 2.24) is 4.90 Å². The first kappa shape index (κ1) is 17.7. The van der Waals surface area contributed by atoms with Crippen molar-refractivity contribution in [2.75, 3.05) is 44.0 Å². The summed E-state index contributed by atoms with van der Waals surface area (Å²) in [5, 5.41) is 0. The Morgan fingerprint density at radius 2 is 2.09 bits per heavy atom. The number of carbonyl (C=O) groups is 1. The fraction of sp³-hybridized carbons (Fsp3) is 0.533. The van der Waals surface area contributed by atoms with Crippen LogP contribution >= 0.6 is 0 Å². The Kier molecular flexibility index (Phi) is 5.97. The maximum absolute atomic E-state index is 12.5. The summed E-state index contributed by atoms with van der Waals surface area (Å²) in [7, 11) is -2.00. The third-order valence-electron chi connectivity index (χ3n) is 3.59. The highest BCUT2D eigenvalue weighted by Crippen LogP contribution is 2.16. The fourth-order valence-electron chi connectivity index (χ4n) is 2.30. The van der Waals surface area contributed by atoms with Crippen LogP contribution in [0.5, 0.6) is 0 Å². The van der Waals surface area contributed by atoms with Crippen molar-refractivity contribution in [3.63, 3.8) is 0 Å². The van der Waals surface area contributed by atoms with Gasteiger partial charge in [-0.3, -0.25) is 9.52 Å². The van der Waals surface area contributed by atoms with E-state index in [9.17, 15) is 13.2 Å². The van der Waals surface area contributed by atoms with Gasteiger partial charge in [0.15, 0.2) is 0 Å². The van der Waals surface area contributed by atoms with Gasteiger partial charge in [-0.25, -0.2) is 8.42 Å². The molecule has 0 saturated carbocycles. The van der Waals surface area contributed by atoms with Gasteiger partial charge in [0.05, 0.1) is 31.6 Å². The standard InChI is InChI=1S/C15H22N2O5S/c1-12-11-22-8-7-17(12)15(18)13-3-5-14(6-4-13)16-23(19,20)10-9-21-2/h3-6,12,16H,7-11H2,1-2H3. The molecule has 0 bridgehead atoms. The Labute approximate surface area is 136 Å². The largest absolute Gasteiger partial charge is 0.384 e. The zero-order valence-electron chi connectivity index (χ0n) is 13.3. The van der Waals surface area contributed by atoms with Crippen LogP contribution < -0.4 is 4.72 Å². The maximum atomic E-state index is 12.5. The highest BCUT2D eigenvalue weighted by atomic mass is 32.2. The number of carbonyl (C=O) groups excluding carboxylic acids is 1. The molecule has 1 aromatic rings. The molecule has 7 nitrogen and oxygen atoms in total. The van der Waals surface area contributed by atoms with Gasteiger partial charge in [-0.05, 0) is 31.2 Å². The molecule has 1 N–H and O–H groups in total. The molecule has 2 rings (SSSR count). The first-order valence-electron chi connectivity index (χ1n) is 7.41. The first-order valence-corrected chi connectivity index (χ1v) is 9.06. The van der Waals surface area contributed by atoms with Gasteiger partial charge in [0, 0.05) is 24.9 Å². The van der Waals surface area contributed by atoms with Gasteiger partial charge in [0.25, 0.3) is 5.91 Å². The lowest BCUT2D eigenvalue weighted by molar-refractivity contribution is 0.00359. The van der Waals surface area contributed by atoms with Crippen LogP contribution in [0.4, 0.5) is 5.69 Å². The number of hydrogen-bond acceptors (Lipinski definition) is 5. The Morgan fingerprint density at radius 3 is 2.70 bits per heavy atom. The van der Waals surface area contributed by atoms with E-state index in [0.717, 1.165) is 0 Å². The van der Waals surface area contributed by atoms with Crippen molar-refractivity contribution in [3.8, 4) is 0 Å². The molecule has 0 aromatic heterocycles. The fourth-order valence-corrected chi connectivity index (χ4v) is 3.28. The molecule has 1 heterocycles. The lowest BCUT2D eigenvalue weighted by Crippen LogP contribution is -2.47. The van der Waals surface area contributed by atoms with Crippen LogP contribution in [0.2, 0.25) is 0 Å². The van der Waals surface area contributed by atoms with Crippen molar-refractivity contribution >= 4 is 21.6 Å². The lowest BCUT2D eigenvalue weighted by atomic mass is 10.1. The summed E-state index contributed by atoms with van der Waals surface area (Å²) >= 11 is 0. The molecule has 1 aromatic carbocycles. The monoisotopic (exact) mass is 342 g/mol. The Morgan fingerprint density at radius 1 is 1.39 bits per heavy atom. The summed E-state index contributed by atoms with van der Waals surface area (Å²) in [5.41, 5.74) is 0.950. The molecular weight excluding hydrogens is 320 g/mol. The van der Waals surface area contributed by atoms with E-state index in [1.165, 1.54) is 7.11 Å². The smallest absolute Gasteiger partial charge is 0.254 e. The van der Waals surface area contributed by atoms with Crippen LogP contribution in [0.15, 0.2) is 24.3 Å². The number of ether oxygens (including phenoxy) is 2. The molecule has 1 aliphatic heterocycles. The van der Waals surface area contributed by atoms with E-state index in [-0.39, 0.29) is 24.3 Å². The molecular formula is C15H22N2O5S. The van der Waals surface area contributed by atoms with Crippen LogP contribution in [0.3, 0.4) is 0 Å². The molecule has 8 heteroatoms. The average Bonchev–Trinajstić information content (AvgIpc) is 2.53. The topological polar surface area (TPSA) is 84.9 Å². The molecule has 1 fully saturated rings.